The number of aliphatic hydroxyl groups excluding tert-OH is 1. The Labute approximate surface area is 118 Å². The van der Waals surface area contributed by atoms with Crippen LogP contribution in [0.15, 0.2) is 30.5 Å². The van der Waals surface area contributed by atoms with Crippen LogP contribution in [0.25, 0.3) is 10.9 Å². The van der Waals surface area contributed by atoms with Crippen LogP contribution in [-0.4, -0.2) is 22.7 Å². The van der Waals surface area contributed by atoms with Crippen molar-refractivity contribution in [1.29, 1.82) is 0 Å². The first kappa shape index (κ1) is 14.9. The van der Waals surface area contributed by atoms with E-state index in [4.69, 9.17) is 0 Å². The summed E-state index contributed by atoms with van der Waals surface area (Å²) in [6, 6.07) is 6.67. The molecule has 0 aliphatic heterocycles. The van der Waals surface area contributed by atoms with Gasteiger partial charge in [-0.15, -0.1) is 0 Å². The molecular weight excluding hydrogens is 255 g/mol. The molecule has 0 aliphatic rings. The zero-order chi connectivity index (χ0) is 14.5. The number of hydrogen-bond donors (Lipinski definition) is 2. The molecule has 0 radical (unpaired) electrons. The summed E-state index contributed by atoms with van der Waals surface area (Å²) < 4.78 is 13.7. The molecule has 2 unspecified atom stereocenters. The van der Waals surface area contributed by atoms with Crippen molar-refractivity contribution in [1.82, 2.24) is 10.3 Å². The summed E-state index contributed by atoms with van der Waals surface area (Å²) in [6.07, 6.45) is 2.25. The summed E-state index contributed by atoms with van der Waals surface area (Å²) in [5, 5.41) is 13.7. The Balaban J connectivity index is 2.06. The Hall–Kier alpha value is -1.52. The molecule has 0 aliphatic carbocycles. The second-order valence-electron chi connectivity index (χ2n) is 5.19. The summed E-state index contributed by atoms with van der Waals surface area (Å²) >= 11 is 0. The fourth-order valence-electron chi connectivity index (χ4n) is 2.17. The summed E-state index contributed by atoms with van der Waals surface area (Å²) in [5.41, 5.74) is 1.62. The number of aliphatic hydroxyl groups is 1. The highest BCUT2D eigenvalue weighted by Crippen LogP contribution is 2.19. The smallest absolute Gasteiger partial charge is 0.132 e. The molecule has 2 N–H and O–H groups in total. The average Bonchev–Trinajstić information content (AvgIpc) is 2.49. The summed E-state index contributed by atoms with van der Waals surface area (Å²) in [7, 11) is 0. The van der Waals surface area contributed by atoms with Gasteiger partial charge < -0.3 is 10.4 Å². The fourth-order valence-corrected chi connectivity index (χ4v) is 2.17. The third-order valence-corrected chi connectivity index (χ3v) is 3.77. The van der Waals surface area contributed by atoms with E-state index in [0.717, 1.165) is 12.0 Å². The van der Waals surface area contributed by atoms with Crippen molar-refractivity contribution in [2.75, 3.05) is 6.54 Å². The van der Waals surface area contributed by atoms with E-state index in [1.165, 1.54) is 6.07 Å². The van der Waals surface area contributed by atoms with Crippen LogP contribution in [-0.2, 0) is 6.54 Å². The number of hydrogen-bond acceptors (Lipinski definition) is 3. The normalized spacial score (nSPS) is 14.4. The highest BCUT2D eigenvalue weighted by Gasteiger charge is 2.12. The monoisotopic (exact) mass is 276 g/mol. The SMILES string of the molecule is CCC(C)C(O)CNCc1ccc(F)c2cccnc12. The van der Waals surface area contributed by atoms with Gasteiger partial charge in [0.1, 0.15) is 5.82 Å². The van der Waals surface area contributed by atoms with E-state index in [1.54, 1.807) is 24.4 Å². The molecule has 2 rings (SSSR count). The van der Waals surface area contributed by atoms with Gasteiger partial charge in [-0.05, 0) is 29.7 Å². The molecule has 2 aromatic rings. The van der Waals surface area contributed by atoms with E-state index in [-0.39, 0.29) is 17.8 Å². The molecule has 0 bridgehead atoms. The lowest BCUT2D eigenvalue weighted by molar-refractivity contribution is 0.113. The molecule has 1 heterocycles. The molecule has 0 spiro atoms. The molecule has 0 fully saturated rings. The highest BCUT2D eigenvalue weighted by molar-refractivity contribution is 5.82. The molecule has 1 aromatic heterocycles. The Morgan fingerprint density at radius 3 is 2.90 bits per heavy atom. The quantitative estimate of drug-likeness (QED) is 0.852. The Bertz CT molecular complexity index is 573. The number of pyridine rings is 1. The van der Waals surface area contributed by atoms with Gasteiger partial charge >= 0.3 is 0 Å². The molecule has 108 valence electrons. The van der Waals surface area contributed by atoms with Crippen molar-refractivity contribution in [2.24, 2.45) is 5.92 Å². The average molecular weight is 276 g/mol. The number of halogens is 1. The number of nitrogens with zero attached hydrogens (tertiary/aromatic N) is 1. The van der Waals surface area contributed by atoms with E-state index in [1.807, 2.05) is 6.92 Å². The Kier molecular flexibility index (Phi) is 5.04. The summed E-state index contributed by atoms with van der Waals surface area (Å²) in [6.45, 7) is 5.19. The first-order chi connectivity index (χ1) is 9.63. The van der Waals surface area contributed by atoms with E-state index in [9.17, 15) is 9.50 Å². The van der Waals surface area contributed by atoms with Gasteiger partial charge in [-0.2, -0.15) is 0 Å². The second kappa shape index (κ2) is 6.77. The molecular formula is C16H21FN2O. The van der Waals surface area contributed by atoms with E-state index in [0.29, 0.717) is 24.0 Å². The van der Waals surface area contributed by atoms with Gasteiger partial charge in [0, 0.05) is 24.7 Å². The van der Waals surface area contributed by atoms with Crippen molar-refractivity contribution in [3.8, 4) is 0 Å². The third-order valence-electron chi connectivity index (χ3n) is 3.77. The zero-order valence-electron chi connectivity index (χ0n) is 11.9. The van der Waals surface area contributed by atoms with Gasteiger partial charge in [0.05, 0.1) is 11.6 Å². The van der Waals surface area contributed by atoms with Gasteiger partial charge in [-0.1, -0.05) is 26.3 Å². The number of aromatic nitrogens is 1. The van der Waals surface area contributed by atoms with Gasteiger partial charge in [-0.3, -0.25) is 4.98 Å². The van der Waals surface area contributed by atoms with Crippen molar-refractivity contribution in [3.05, 3.63) is 41.8 Å². The molecule has 0 amide bonds. The maximum Gasteiger partial charge on any atom is 0.132 e. The second-order valence-corrected chi connectivity index (χ2v) is 5.19. The van der Waals surface area contributed by atoms with E-state index < -0.39 is 0 Å². The predicted octanol–water partition coefficient (Wildman–Crippen LogP) is 2.87. The topological polar surface area (TPSA) is 45.1 Å². The van der Waals surface area contributed by atoms with Crippen molar-refractivity contribution < 1.29 is 9.50 Å². The highest BCUT2D eigenvalue weighted by atomic mass is 19.1. The minimum atomic E-state index is -0.361. The van der Waals surface area contributed by atoms with Crippen molar-refractivity contribution in [3.63, 3.8) is 0 Å². The zero-order valence-corrected chi connectivity index (χ0v) is 11.9. The third kappa shape index (κ3) is 3.32. The fraction of sp³-hybridized carbons (Fsp3) is 0.438. The minimum absolute atomic E-state index is 0.253. The number of rotatable bonds is 6. The predicted molar refractivity (Wildman–Crippen MR) is 78.9 cm³/mol. The minimum Gasteiger partial charge on any atom is -0.392 e. The maximum absolute atomic E-state index is 13.7. The molecule has 4 heteroatoms. The molecule has 0 saturated carbocycles. The van der Waals surface area contributed by atoms with Crippen LogP contribution in [0.2, 0.25) is 0 Å². The van der Waals surface area contributed by atoms with E-state index >= 15 is 0 Å². The van der Waals surface area contributed by atoms with Crippen LogP contribution in [0.3, 0.4) is 0 Å². The molecule has 20 heavy (non-hydrogen) atoms. The van der Waals surface area contributed by atoms with Crippen LogP contribution in [0, 0.1) is 11.7 Å². The summed E-state index contributed by atoms with van der Waals surface area (Å²) in [5.74, 6) is 0.0158. The lowest BCUT2D eigenvalue weighted by Gasteiger charge is -2.17. The summed E-state index contributed by atoms with van der Waals surface area (Å²) in [4.78, 5) is 4.25. The Morgan fingerprint density at radius 2 is 2.15 bits per heavy atom. The van der Waals surface area contributed by atoms with Gasteiger partial charge in [-0.25, -0.2) is 4.39 Å². The standard InChI is InChI=1S/C16H21FN2O/c1-3-11(2)15(20)10-18-9-12-6-7-14(17)13-5-4-8-19-16(12)13/h4-8,11,15,18,20H,3,9-10H2,1-2H3. The number of benzene rings is 1. The van der Waals surface area contributed by atoms with Crippen LogP contribution in [0.1, 0.15) is 25.8 Å². The van der Waals surface area contributed by atoms with E-state index in [2.05, 4.69) is 17.2 Å². The maximum atomic E-state index is 13.7. The van der Waals surface area contributed by atoms with Crippen LogP contribution in [0.4, 0.5) is 4.39 Å². The number of nitrogens with one attached hydrogen (secondary N) is 1. The lowest BCUT2D eigenvalue weighted by atomic mass is 10.0. The largest absolute Gasteiger partial charge is 0.392 e. The molecule has 1 aromatic carbocycles. The molecule has 0 saturated heterocycles. The van der Waals surface area contributed by atoms with Gasteiger partial charge in [0.25, 0.3) is 0 Å². The number of fused-ring (bicyclic) bond motifs is 1. The van der Waals surface area contributed by atoms with Crippen molar-refractivity contribution in [2.45, 2.75) is 32.9 Å². The lowest BCUT2D eigenvalue weighted by Crippen LogP contribution is -2.31. The van der Waals surface area contributed by atoms with Crippen LogP contribution < -0.4 is 5.32 Å². The van der Waals surface area contributed by atoms with Crippen molar-refractivity contribution >= 4 is 10.9 Å². The van der Waals surface area contributed by atoms with Gasteiger partial charge in [0.2, 0.25) is 0 Å². The molecule has 2 atom stereocenters. The Morgan fingerprint density at radius 1 is 1.35 bits per heavy atom. The van der Waals surface area contributed by atoms with Gasteiger partial charge in [0.15, 0.2) is 0 Å². The van der Waals surface area contributed by atoms with Crippen LogP contribution in [0.5, 0.6) is 0 Å². The first-order valence-corrected chi connectivity index (χ1v) is 7.04. The van der Waals surface area contributed by atoms with Crippen LogP contribution >= 0.6 is 0 Å². The molecule has 3 nitrogen and oxygen atoms in total. The first-order valence-electron chi connectivity index (χ1n) is 7.04.